The number of aliphatic hydroxyl groups excluding tert-OH is 1. The number of hydrazone groups is 1. The van der Waals surface area contributed by atoms with Gasteiger partial charge in [-0.3, -0.25) is 14.3 Å². The van der Waals surface area contributed by atoms with Gasteiger partial charge in [-0.1, -0.05) is 55.5 Å². The van der Waals surface area contributed by atoms with Crippen LogP contribution in [0.1, 0.15) is 25.0 Å². The van der Waals surface area contributed by atoms with Gasteiger partial charge in [0, 0.05) is 7.05 Å². The third kappa shape index (κ3) is 6.22. The quantitative estimate of drug-likeness (QED) is 0.226. The van der Waals surface area contributed by atoms with Crippen molar-refractivity contribution in [3.05, 3.63) is 92.6 Å². The van der Waals surface area contributed by atoms with Crippen molar-refractivity contribution in [1.82, 2.24) is 19.1 Å². The van der Waals surface area contributed by atoms with E-state index in [9.17, 15) is 14.7 Å². The molecule has 10 heteroatoms. The maximum atomic E-state index is 12.7. The van der Waals surface area contributed by atoms with Gasteiger partial charge in [0.25, 0.3) is 5.56 Å². The first-order chi connectivity index (χ1) is 17.9. The Bertz CT molecular complexity index is 1530. The number of rotatable bonds is 10. The second kappa shape index (κ2) is 11.5. The average Bonchev–Trinajstić information content (AvgIpc) is 3.27. The number of anilines is 1. The predicted octanol–water partition coefficient (Wildman–Crippen LogP) is 2.93. The largest absolute Gasteiger partial charge is 0.491 e. The van der Waals surface area contributed by atoms with Crippen LogP contribution in [0.25, 0.3) is 17.2 Å². The highest BCUT2D eigenvalue weighted by atomic mass is 16.5. The molecule has 0 radical (unpaired) electrons. The third-order valence-electron chi connectivity index (χ3n) is 5.82. The van der Waals surface area contributed by atoms with Crippen molar-refractivity contribution >= 4 is 28.9 Å². The van der Waals surface area contributed by atoms with Crippen LogP contribution in [-0.2, 0) is 20.0 Å². The van der Waals surface area contributed by atoms with Crippen molar-refractivity contribution in [2.75, 3.05) is 12.0 Å². The fourth-order valence-electron chi connectivity index (χ4n) is 3.73. The standard InChI is InChI=1S/C27H30N6O4/c1-4-19-12-14-22(15-13-19)37-17-21(34)16-33-23-24(32(3)27(36)29-25(23)35)28-26(33)31-30-18(2)10-11-20-8-6-5-7-9-20/h5-15,21,34H,4,16-17H2,1-3H3,(H,28,31)(H,29,35,36)/b11-10-,30-18+. The molecule has 0 amide bonds. The zero-order valence-electron chi connectivity index (χ0n) is 21.0. The summed E-state index contributed by atoms with van der Waals surface area (Å²) in [5, 5.41) is 15.1. The minimum atomic E-state index is -0.969. The van der Waals surface area contributed by atoms with Gasteiger partial charge in [-0.05, 0) is 42.7 Å². The molecule has 192 valence electrons. The first kappa shape index (κ1) is 25.6. The number of nitrogens with zero attached hydrogens (tertiary/aromatic N) is 4. The molecule has 1 unspecified atom stereocenters. The van der Waals surface area contributed by atoms with E-state index in [2.05, 4.69) is 27.4 Å². The Hall–Kier alpha value is -4.44. The molecule has 2 aromatic carbocycles. The number of aliphatic hydroxyl groups is 1. The molecule has 37 heavy (non-hydrogen) atoms. The molecular weight excluding hydrogens is 472 g/mol. The molecule has 0 saturated carbocycles. The fourth-order valence-corrected chi connectivity index (χ4v) is 3.73. The number of hydrogen-bond acceptors (Lipinski definition) is 7. The number of benzene rings is 2. The Morgan fingerprint density at radius 1 is 1.19 bits per heavy atom. The zero-order valence-corrected chi connectivity index (χ0v) is 21.0. The molecule has 0 bridgehead atoms. The van der Waals surface area contributed by atoms with E-state index in [1.807, 2.05) is 73.7 Å². The van der Waals surface area contributed by atoms with Gasteiger partial charge in [0.2, 0.25) is 5.95 Å². The Morgan fingerprint density at radius 2 is 1.92 bits per heavy atom. The number of imidazole rings is 1. The van der Waals surface area contributed by atoms with Crippen LogP contribution in [0.3, 0.4) is 0 Å². The molecule has 4 rings (SSSR count). The van der Waals surface area contributed by atoms with Crippen molar-refractivity contribution < 1.29 is 9.84 Å². The summed E-state index contributed by atoms with van der Waals surface area (Å²) in [6, 6.07) is 17.4. The topological polar surface area (TPSA) is 127 Å². The van der Waals surface area contributed by atoms with Crippen molar-refractivity contribution in [2.45, 2.75) is 32.9 Å². The van der Waals surface area contributed by atoms with Crippen molar-refractivity contribution in [2.24, 2.45) is 12.1 Å². The van der Waals surface area contributed by atoms with E-state index < -0.39 is 17.4 Å². The Morgan fingerprint density at radius 3 is 2.62 bits per heavy atom. The van der Waals surface area contributed by atoms with Crippen LogP contribution in [-0.4, -0.2) is 42.6 Å². The highest BCUT2D eigenvalue weighted by Gasteiger charge is 2.20. The Labute approximate surface area is 213 Å². The van der Waals surface area contributed by atoms with E-state index in [1.165, 1.54) is 21.7 Å². The van der Waals surface area contributed by atoms with Crippen molar-refractivity contribution in [1.29, 1.82) is 0 Å². The first-order valence-corrected chi connectivity index (χ1v) is 12.0. The highest BCUT2D eigenvalue weighted by Crippen LogP contribution is 2.17. The van der Waals surface area contributed by atoms with Crippen LogP contribution in [0.5, 0.6) is 5.75 Å². The third-order valence-corrected chi connectivity index (χ3v) is 5.82. The molecule has 0 aliphatic rings. The number of allylic oxidation sites excluding steroid dienone is 1. The lowest BCUT2D eigenvalue weighted by molar-refractivity contribution is 0.0938. The second-order valence-corrected chi connectivity index (χ2v) is 8.61. The lowest BCUT2D eigenvalue weighted by Crippen LogP contribution is -2.30. The van der Waals surface area contributed by atoms with E-state index in [0.717, 1.165) is 12.0 Å². The Balaban J connectivity index is 1.57. The van der Waals surface area contributed by atoms with Gasteiger partial charge in [-0.25, -0.2) is 10.2 Å². The van der Waals surface area contributed by atoms with Gasteiger partial charge >= 0.3 is 5.69 Å². The van der Waals surface area contributed by atoms with Gasteiger partial charge in [-0.15, -0.1) is 0 Å². The molecule has 2 heterocycles. The van der Waals surface area contributed by atoms with Gasteiger partial charge < -0.3 is 14.4 Å². The molecule has 1 atom stereocenters. The normalized spacial score (nSPS) is 12.8. The fraction of sp³-hybridized carbons (Fsp3) is 0.259. The molecule has 10 nitrogen and oxygen atoms in total. The number of ether oxygens (including phenoxy) is 1. The number of aromatic nitrogens is 4. The van der Waals surface area contributed by atoms with Crippen molar-refractivity contribution in [3.8, 4) is 5.75 Å². The molecule has 3 N–H and O–H groups in total. The maximum Gasteiger partial charge on any atom is 0.329 e. The zero-order chi connectivity index (χ0) is 26.4. The van der Waals surface area contributed by atoms with E-state index >= 15 is 0 Å². The number of nitrogens with one attached hydrogen (secondary N) is 2. The maximum absolute atomic E-state index is 12.7. The number of aromatic amines is 1. The average molecular weight is 503 g/mol. The van der Waals surface area contributed by atoms with Crippen LogP contribution >= 0.6 is 0 Å². The summed E-state index contributed by atoms with van der Waals surface area (Å²) >= 11 is 0. The van der Waals surface area contributed by atoms with Gasteiger partial charge in [0.15, 0.2) is 11.2 Å². The molecule has 2 aromatic heterocycles. The van der Waals surface area contributed by atoms with Gasteiger partial charge in [0.1, 0.15) is 18.5 Å². The van der Waals surface area contributed by atoms with Gasteiger partial charge in [0.05, 0.1) is 12.3 Å². The number of aryl methyl sites for hydroxylation is 2. The summed E-state index contributed by atoms with van der Waals surface area (Å²) in [6.45, 7) is 3.87. The van der Waals surface area contributed by atoms with E-state index in [1.54, 1.807) is 0 Å². The number of hydrogen-bond donors (Lipinski definition) is 3. The lowest BCUT2D eigenvalue weighted by atomic mass is 10.2. The SMILES string of the molecule is CCc1ccc(OCC(O)Cn2c(N/N=C(C)/C=C\c3ccccc3)nc3c2c(=O)[nH]c(=O)n3C)cc1. The van der Waals surface area contributed by atoms with E-state index in [4.69, 9.17) is 4.74 Å². The molecule has 0 fully saturated rings. The molecule has 4 aromatic rings. The van der Waals surface area contributed by atoms with Crippen LogP contribution < -0.4 is 21.4 Å². The van der Waals surface area contributed by atoms with Crippen LogP contribution in [0.15, 0.2) is 75.4 Å². The molecule has 0 saturated heterocycles. The van der Waals surface area contributed by atoms with Crippen LogP contribution in [0, 0.1) is 0 Å². The molecular formula is C27H30N6O4. The summed E-state index contributed by atoms with van der Waals surface area (Å²) in [4.78, 5) is 31.5. The summed E-state index contributed by atoms with van der Waals surface area (Å²) in [6.07, 6.45) is 3.72. The lowest BCUT2D eigenvalue weighted by Gasteiger charge is -2.15. The van der Waals surface area contributed by atoms with E-state index in [0.29, 0.717) is 11.5 Å². The van der Waals surface area contributed by atoms with Crippen molar-refractivity contribution in [3.63, 3.8) is 0 Å². The second-order valence-electron chi connectivity index (χ2n) is 8.61. The summed E-state index contributed by atoms with van der Waals surface area (Å²) in [5.74, 6) is 0.844. The number of H-pyrrole nitrogens is 1. The highest BCUT2D eigenvalue weighted by molar-refractivity contribution is 5.96. The van der Waals surface area contributed by atoms with Crippen LogP contribution in [0.4, 0.5) is 5.95 Å². The monoisotopic (exact) mass is 502 g/mol. The van der Waals surface area contributed by atoms with Crippen LogP contribution in [0.2, 0.25) is 0 Å². The summed E-state index contributed by atoms with van der Waals surface area (Å²) in [5.41, 5.74) is 4.87. The van der Waals surface area contributed by atoms with Gasteiger partial charge in [-0.2, -0.15) is 10.1 Å². The summed E-state index contributed by atoms with van der Waals surface area (Å²) < 4.78 is 8.47. The molecule has 0 spiro atoms. The van der Waals surface area contributed by atoms with E-state index in [-0.39, 0.29) is 30.3 Å². The predicted molar refractivity (Wildman–Crippen MR) is 145 cm³/mol. The number of fused-ring (bicyclic) bond motifs is 1. The smallest absolute Gasteiger partial charge is 0.329 e. The molecule has 0 aliphatic carbocycles. The minimum Gasteiger partial charge on any atom is -0.491 e. The summed E-state index contributed by atoms with van der Waals surface area (Å²) in [7, 11) is 1.51. The minimum absolute atomic E-state index is 0.00361. The first-order valence-electron chi connectivity index (χ1n) is 12.0. The molecule has 0 aliphatic heterocycles. The Kier molecular flexibility index (Phi) is 7.99.